The largest absolute Gasteiger partial charge is 0.493 e. The molecule has 1 saturated heterocycles. The highest BCUT2D eigenvalue weighted by molar-refractivity contribution is 6.30. The van der Waals surface area contributed by atoms with Crippen LogP contribution in [0.5, 0.6) is 11.5 Å². The Bertz CT molecular complexity index is 1410. The summed E-state index contributed by atoms with van der Waals surface area (Å²) in [5.41, 5.74) is 9.67. The number of nitrogens with two attached hydrogens (primary N) is 1. The first kappa shape index (κ1) is 26.1. The number of nitrogens with zero attached hydrogens (tertiary/aromatic N) is 4. The van der Waals surface area contributed by atoms with E-state index in [0.717, 1.165) is 54.9 Å². The monoisotopic (exact) mass is 531 g/mol. The lowest BCUT2D eigenvalue weighted by molar-refractivity contribution is 0.155. The average Bonchev–Trinajstić information content (AvgIpc) is 2.94. The zero-order valence-electron chi connectivity index (χ0n) is 22.2. The summed E-state index contributed by atoms with van der Waals surface area (Å²) in [5.74, 6) is 2.23. The fraction of sp³-hybridized carbons (Fsp3) is 0.333. The lowest BCUT2D eigenvalue weighted by Crippen LogP contribution is -2.48. The fourth-order valence-electron chi connectivity index (χ4n) is 5.52. The Morgan fingerprint density at radius 1 is 0.947 bits per heavy atom. The van der Waals surface area contributed by atoms with E-state index in [4.69, 9.17) is 31.8 Å². The van der Waals surface area contributed by atoms with Crippen molar-refractivity contribution in [3.63, 3.8) is 0 Å². The summed E-state index contributed by atoms with van der Waals surface area (Å²) in [6.07, 6.45) is 2.05. The number of methoxy groups -OCH3 is 2. The summed E-state index contributed by atoms with van der Waals surface area (Å²) < 4.78 is 10.9. The van der Waals surface area contributed by atoms with E-state index in [2.05, 4.69) is 57.2 Å². The minimum absolute atomic E-state index is 0.0362. The minimum Gasteiger partial charge on any atom is -0.493 e. The second-order valence-corrected chi connectivity index (χ2v) is 10.5. The quantitative estimate of drug-likeness (QED) is 0.319. The van der Waals surface area contributed by atoms with Crippen LogP contribution in [0.2, 0.25) is 5.02 Å². The van der Waals surface area contributed by atoms with Crippen molar-refractivity contribution in [1.82, 2.24) is 14.9 Å². The number of anilines is 2. The van der Waals surface area contributed by atoms with Crippen LogP contribution in [0.25, 0.3) is 10.9 Å². The lowest BCUT2D eigenvalue weighted by Gasteiger charge is -2.44. The van der Waals surface area contributed by atoms with Crippen molar-refractivity contribution in [2.45, 2.75) is 24.8 Å². The van der Waals surface area contributed by atoms with E-state index >= 15 is 0 Å². The van der Waals surface area contributed by atoms with E-state index in [1.807, 2.05) is 31.3 Å². The highest BCUT2D eigenvalue weighted by atomic mass is 35.5. The molecule has 2 heterocycles. The Morgan fingerprint density at radius 3 is 2.34 bits per heavy atom. The molecule has 1 fully saturated rings. The second kappa shape index (κ2) is 11.1. The summed E-state index contributed by atoms with van der Waals surface area (Å²) in [6.45, 7) is 3.66. The maximum absolute atomic E-state index is 6.40. The standard InChI is InChI=1S/C30H34ClN5O2/c1-35(29-33-25-18-27(38-3)26(37-2)17-24(25)28(32)34-29)20-30(22-9-5-4-6-10-22)12-14-36(15-13-30)19-21-8-7-11-23(31)16-21/h4-11,16-18H,12-15,19-20H2,1-3H3,(H2,32,33,34). The van der Waals surface area contributed by atoms with Gasteiger partial charge in [-0.2, -0.15) is 4.98 Å². The normalized spacial score (nSPS) is 15.4. The van der Waals surface area contributed by atoms with Gasteiger partial charge in [0.15, 0.2) is 11.5 Å². The maximum Gasteiger partial charge on any atom is 0.227 e. The van der Waals surface area contributed by atoms with Gasteiger partial charge in [0.2, 0.25) is 5.95 Å². The first-order valence-corrected chi connectivity index (χ1v) is 13.2. The van der Waals surface area contributed by atoms with Gasteiger partial charge in [-0.15, -0.1) is 0 Å². The molecule has 8 heteroatoms. The predicted octanol–water partition coefficient (Wildman–Crippen LogP) is 5.55. The summed E-state index contributed by atoms with van der Waals surface area (Å²) in [6, 6.07) is 22.6. The van der Waals surface area contributed by atoms with Crippen molar-refractivity contribution in [3.8, 4) is 11.5 Å². The topological polar surface area (TPSA) is 76.7 Å². The van der Waals surface area contributed by atoms with E-state index in [1.54, 1.807) is 14.2 Å². The van der Waals surface area contributed by atoms with Crippen LogP contribution in [0.3, 0.4) is 0 Å². The van der Waals surface area contributed by atoms with Crippen LogP contribution in [0.4, 0.5) is 11.8 Å². The summed E-state index contributed by atoms with van der Waals surface area (Å²) in [4.78, 5) is 14.2. The number of likely N-dealkylation sites (N-methyl/N-ethyl adjacent to an activating group) is 1. The highest BCUT2D eigenvalue weighted by Gasteiger charge is 2.37. The van der Waals surface area contributed by atoms with Crippen molar-refractivity contribution < 1.29 is 9.47 Å². The number of halogens is 1. The molecule has 5 rings (SSSR count). The van der Waals surface area contributed by atoms with Gasteiger partial charge in [0.25, 0.3) is 0 Å². The van der Waals surface area contributed by atoms with Gasteiger partial charge in [-0.1, -0.05) is 54.1 Å². The van der Waals surface area contributed by atoms with Crippen LogP contribution in [-0.2, 0) is 12.0 Å². The Labute approximate surface area is 229 Å². The van der Waals surface area contributed by atoms with E-state index in [-0.39, 0.29) is 5.41 Å². The van der Waals surface area contributed by atoms with E-state index in [9.17, 15) is 0 Å². The summed E-state index contributed by atoms with van der Waals surface area (Å²) >= 11 is 6.22. The molecule has 7 nitrogen and oxygen atoms in total. The highest BCUT2D eigenvalue weighted by Crippen LogP contribution is 2.38. The van der Waals surface area contributed by atoms with Gasteiger partial charge in [-0.05, 0) is 55.3 Å². The molecule has 0 spiro atoms. The van der Waals surface area contributed by atoms with Gasteiger partial charge in [0.05, 0.1) is 19.7 Å². The lowest BCUT2D eigenvalue weighted by atomic mass is 9.72. The Morgan fingerprint density at radius 2 is 1.66 bits per heavy atom. The summed E-state index contributed by atoms with van der Waals surface area (Å²) in [7, 11) is 5.26. The second-order valence-electron chi connectivity index (χ2n) is 10.0. The minimum atomic E-state index is -0.0362. The Kier molecular flexibility index (Phi) is 7.58. The number of aromatic nitrogens is 2. The number of benzene rings is 3. The number of piperidine rings is 1. The molecule has 0 saturated carbocycles. The molecule has 0 radical (unpaired) electrons. The average molecular weight is 532 g/mol. The predicted molar refractivity (Wildman–Crippen MR) is 154 cm³/mol. The number of likely N-dealkylation sites (tertiary alicyclic amines) is 1. The van der Waals surface area contributed by atoms with Crippen molar-refractivity contribution in [2.24, 2.45) is 0 Å². The maximum atomic E-state index is 6.40. The van der Waals surface area contributed by atoms with Crippen molar-refractivity contribution in [2.75, 3.05) is 51.5 Å². The third-order valence-corrected chi connectivity index (χ3v) is 7.83. The number of ether oxygens (including phenoxy) is 2. The molecular weight excluding hydrogens is 498 g/mol. The van der Waals surface area contributed by atoms with Crippen molar-refractivity contribution >= 4 is 34.3 Å². The van der Waals surface area contributed by atoms with Crippen molar-refractivity contribution in [3.05, 3.63) is 82.9 Å². The van der Waals surface area contributed by atoms with Gasteiger partial charge in [-0.3, -0.25) is 4.90 Å². The van der Waals surface area contributed by atoms with Gasteiger partial charge < -0.3 is 20.1 Å². The molecule has 2 N–H and O–H groups in total. The van der Waals surface area contributed by atoms with Crippen LogP contribution in [0.1, 0.15) is 24.0 Å². The third kappa shape index (κ3) is 5.35. The molecule has 38 heavy (non-hydrogen) atoms. The first-order valence-electron chi connectivity index (χ1n) is 12.8. The molecule has 1 aliphatic rings. The van der Waals surface area contributed by atoms with Gasteiger partial charge in [0, 0.05) is 42.0 Å². The molecule has 1 aliphatic heterocycles. The van der Waals surface area contributed by atoms with Crippen LogP contribution in [0.15, 0.2) is 66.7 Å². The number of rotatable bonds is 8. The van der Waals surface area contributed by atoms with Crippen LogP contribution >= 0.6 is 11.6 Å². The number of hydrogen-bond acceptors (Lipinski definition) is 7. The molecule has 0 bridgehead atoms. The Balaban J connectivity index is 1.40. The molecule has 4 aromatic rings. The van der Waals surface area contributed by atoms with Gasteiger partial charge >= 0.3 is 0 Å². The summed E-state index contributed by atoms with van der Waals surface area (Å²) in [5, 5.41) is 1.53. The van der Waals surface area contributed by atoms with Crippen LogP contribution in [0, 0.1) is 0 Å². The van der Waals surface area contributed by atoms with Crippen molar-refractivity contribution in [1.29, 1.82) is 0 Å². The zero-order valence-corrected chi connectivity index (χ0v) is 22.9. The van der Waals surface area contributed by atoms with Gasteiger partial charge in [0.1, 0.15) is 5.82 Å². The first-order chi connectivity index (χ1) is 18.4. The zero-order chi connectivity index (χ0) is 26.7. The Hall–Kier alpha value is -3.55. The molecule has 0 unspecified atom stereocenters. The third-order valence-electron chi connectivity index (χ3n) is 7.59. The number of fused-ring (bicyclic) bond motifs is 1. The molecule has 0 atom stereocenters. The van der Waals surface area contributed by atoms with E-state index in [0.29, 0.717) is 23.3 Å². The molecular formula is C30H34ClN5O2. The molecule has 0 aliphatic carbocycles. The van der Waals surface area contributed by atoms with Crippen LogP contribution < -0.4 is 20.1 Å². The molecule has 198 valence electrons. The molecule has 0 amide bonds. The SMILES string of the molecule is COc1cc2nc(N(C)CC3(c4ccccc4)CCN(Cc4cccc(Cl)c4)CC3)nc(N)c2cc1OC. The van der Waals surface area contributed by atoms with E-state index in [1.165, 1.54) is 11.1 Å². The van der Waals surface area contributed by atoms with Crippen LogP contribution in [-0.4, -0.2) is 55.8 Å². The van der Waals surface area contributed by atoms with Gasteiger partial charge in [-0.25, -0.2) is 4.98 Å². The number of hydrogen-bond donors (Lipinski definition) is 1. The smallest absolute Gasteiger partial charge is 0.227 e. The number of nitrogen functional groups attached to an aromatic ring is 1. The van der Waals surface area contributed by atoms with E-state index < -0.39 is 0 Å². The molecule has 3 aromatic carbocycles. The molecule has 1 aromatic heterocycles. The fourth-order valence-corrected chi connectivity index (χ4v) is 5.74.